The maximum absolute atomic E-state index is 12.5. The Balaban J connectivity index is 1.64. The van der Waals surface area contributed by atoms with E-state index in [0.29, 0.717) is 11.3 Å². The lowest BCUT2D eigenvalue weighted by Crippen LogP contribution is -2.37. The van der Waals surface area contributed by atoms with Gasteiger partial charge in [0.1, 0.15) is 5.76 Å². The summed E-state index contributed by atoms with van der Waals surface area (Å²) >= 11 is 0. The van der Waals surface area contributed by atoms with E-state index in [2.05, 4.69) is 4.72 Å². The second kappa shape index (κ2) is 7.53. The van der Waals surface area contributed by atoms with E-state index in [1.807, 2.05) is 0 Å². The Hall–Kier alpha value is -2.65. The van der Waals surface area contributed by atoms with Crippen molar-refractivity contribution < 1.29 is 22.4 Å². The molecule has 0 bridgehead atoms. The molecule has 0 radical (unpaired) electrons. The van der Waals surface area contributed by atoms with Crippen molar-refractivity contribution in [2.45, 2.75) is 24.8 Å². The Morgan fingerprint density at radius 2 is 2.11 bits per heavy atom. The molecule has 0 fully saturated rings. The third-order valence-corrected chi connectivity index (χ3v) is 5.94. The minimum Gasteiger partial charge on any atom is -0.467 e. The molecule has 2 heterocycles. The number of anilines is 1. The van der Waals surface area contributed by atoms with Gasteiger partial charge in [0.15, 0.2) is 0 Å². The van der Waals surface area contributed by atoms with Crippen LogP contribution in [0.3, 0.4) is 0 Å². The molecule has 0 saturated carbocycles. The topological polar surface area (TPSA) is 99.9 Å². The van der Waals surface area contributed by atoms with Crippen molar-refractivity contribution in [3.63, 3.8) is 0 Å². The molecule has 0 saturated heterocycles. The SMILES string of the molecule is CC(=O)N(CCNS(=O)(=O)c1ccc2c(c1)CC(=O)N2C)Cc1ccco1. The zero-order chi connectivity index (χ0) is 19.6. The summed E-state index contributed by atoms with van der Waals surface area (Å²) in [5, 5.41) is 0. The van der Waals surface area contributed by atoms with Crippen LogP contribution >= 0.6 is 0 Å². The maximum Gasteiger partial charge on any atom is 0.240 e. The monoisotopic (exact) mass is 391 g/mol. The lowest BCUT2D eigenvalue weighted by Gasteiger charge is -2.20. The van der Waals surface area contributed by atoms with E-state index >= 15 is 0 Å². The summed E-state index contributed by atoms with van der Waals surface area (Å²) in [5.41, 5.74) is 1.41. The van der Waals surface area contributed by atoms with Gasteiger partial charge in [-0.15, -0.1) is 0 Å². The van der Waals surface area contributed by atoms with Crippen LogP contribution in [-0.4, -0.2) is 45.3 Å². The fourth-order valence-electron chi connectivity index (χ4n) is 2.95. The molecule has 1 aromatic carbocycles. The number of rotatable bonds is 7. The van der Waals surface area contributed by atoms with E-state index in [-0.39, 0.29) is 42.8 Å². The predicted molar refractivity (Wildman–Crippen MR) is 98.5 cm³/mol. The third kappa shape index (κ3) is 4.20. The van der Waals surface area contributed by atoms with Crippen LogP contribution in [0.1, 0.15) is 18.2 Å². The van der Waals surface area contributed by atoms with Crippen molar-refractivity contribution in [3.05, 3.63) is 47.9 Å². The molecule has 2 amide bonds. The van der Waals surface area contributed by atoms with Crippen LogP contribution in [-0.2, 0) is 32.6 Å². The van der Waals surface area contributed by atoms with Gasteiger partial charge in [0.2, 0.25) is 21.8 Å². The minimum absolute atomic E-state index is 0.0671. The van der Waals surface area contributed by atoms with Crippen LogP contribution in [0.5, 0.6) is 0 Å². The van der Waals surface area contributed by atoms with E-state index in [4.69, 9.17) is 4.42 Å². The lowest BCUT2D eigenvalue weighted by atomic mass is 10.2. The van der Waals surface area contributed by atoms with Crippen molar-refractivity contribution in [1.29, 1.82) is 0 Å². The van der Waals surface area contributed by atoms with Gasteiger partial charge in [-0.25, -0.2) is 13.1 Å². The summed E-state index contributed by atoms with van der Waals surface area (Å²) < 4.78 is 32.8. The predicted octanol–water partition coefficient (Wildman–Crippen LogP) is 1.13. The van der Waals surface area contributed by atoms with E-state index in [0.717, 1.165) is 5.69 Å². The molecule has 27 heavy (non-hydrogen) atoms. The molecular formula is C18H21N3O5S. The molecule has 0 atom stereocenters. The van der Waals surface area contributed by atoms with Gasteiger partial charge in [0.25, 0.3) is 0 Å². The fraction of sp³-hybridized carbons (Fsp3) is 0.333. The highest BCUT2D eigenvalue weighted by Gasteiger charge is 2.26. The minimum atomic E-state index is -3.74. The number of hydrogen-bond acceptors (Lipinski definition) is 5. The maximum atomic E-state index is 12.5. The number of carbonyl (C=O) groups excluding carboxylic acids is 2. The van der Waals surface area contributed by atoms with Gasteiger partial charge in [0, 0.05) is 32.7 Å². The van der Waals surface area contributed by atoms with Gasteiger partial charge >= 0.3 is 0 Å². The van der Waals surface area contributed by atoms with E-state index < -0.39 is 10.0 Å². The van der Waals surface area contributed by atoms with Crippen molar-refractivity contribution in [3.8, 4) is 0 Å². The molecule has 1 N–H and O–H groups in total. The molecule has 1 aliphatic rings. The first kappa shape index (κ1) is 19.1. The standard InChI is InChI=1S/C18H21N3O5S/c1-13(22)21(12-15-4-3-9-26-15)8-7-19-27(24,25)16-5-6-17-14(10-16)11-18(23)20(17)2/h3-6,9-10,19H,7-8,11-12H2,1-2H3. The Morgan fingerprint density at radius 1 is 1.33 bits per heavy atom. The van der Waals surface area contributed by atoms with Crippen LogP contribution in [0.4, 0.5) is 5.69 Å². The van der Waals surface area contributed by atoms with E-state index in [1.54, 1.807) is 25.2 Å². The van der Waals surface area contributed by atoms with Crippen LogP contribution < -0.4 is 9.62 Å². The zero-order valence-corrected chi connectivity index (χ0v) is 16.0. The zero-order valence-electron chi connectivity index (χ0n) is 15.1. The average molecular weight is 391 g/mol. The Labute approximate surface area is 157 Å². The van der Waals surface area contributed by atoms with Crippen molar-refractivity contribution in [2.24, 2.45) is 0 Å². The molecule has 2 aromatic rings. The number of carbonyl (C=O) groups is 2. The number of furan rings is 1. The first-order valence-electron chi connectivity index (χ1n) is 8.45. The van der Waals surface area contributed by atoms with Crippen molar-refractivity contribution >= 4 is 27.5 Å². The number of benzene rings is 1. The molecule has 144 valence electrons. The molecule has 0 spiro atoms. The summed E-state index contributed by atoms with van der Waals surface area (Å²) in [4.78, 5) is 26.6. The quantitative estimate of drug-likeness (QED) is 0.763. The largest absolute Gasteiger partial charge is 0.467 e. The first-order chi connectivity index (χ1) is 12.8. The Kier molecular flexibility index (Phi) is 5.33. The number of fused-ring (bicyclic) bond motifs is 1. The molecule has 0 aliphatic carbocycles. The number of sulfonamides is 1. The highest BCUT2D eigenvalue weighted by atomic mass is 32.2. The molecule has 8 nitrogen and oxygen atoms in total. The number of hydrogen-bond donors (Lipinski definition) is 1. The summed E-state index contributed by atoms with van der Waals surface area (Å²) in [7, 11) is -2.08. The highest BCUT2D eigenvalue weighted by Crippen LogP contribution is 2.29. The van der Waals surface area contributed by atoms with E-state index in [9.17, 15) is 18.0 Å². The van der Waals surface area contributed by atoms with Gasteiger partial charge in [-0.3, -0.25) is 9.59 Å². The smallest absolute Gasteiger partial charge is 0.240 e. The number of likely N-dealkylation sites (N-methyl/N-ethyl adjacent to an activating group) is 1. The lowest BCUT2D eigenvalue weighted by molar-refractivity contribution is -0.129. The molecule has 1 aliphatic heterocycles. The third-order valence-electron chi connectivity index (χ3n) is 4.48. The summed E-state index contributed by atoms with van der Waals surface area (Å²) in [6, 6.07) is 8.11. The summed E-state index contributed by atoms with van der Waals surface area (Å²) in [5.74, 6) is 0.382. The van der Waals surface area contributed by atoms with Gasteiger partial charge in [-0.05, 0) is 35.9 Å². The van der Waals surface area contributed by atoms with Crippen LogP contribution in [0.25, 0.3) is 0 Å². The summed E-state index contributed by atoms with van der Waals surface area (Å²) in [6.45, 7) is 1.97. The van der Waals surface area contributed by atoms with Gasteiger partial charge in [-0.2, -0.15) is 0 Å². The van der Waals surface area contributed by atoms with Crippen LogP contribution in [0.2, 0.25) is 0 Å². The van der Waals surface area contributed by atoms with Gasteiger partial charge in [-0.1, -0.05) is 0 Å². The van der Waals surface area contributed by atoms with Crippen LogP contribution in [0, 0.1) is 0 Å². The normalized spacial score (nSPS) is 13.7. The van der Waals surface area contributed by atoms with Gasteiger partial charge < -0.3 is 14.2 Å². The van der Waals surface area contributed by atoms with E-state index in [1.165, 1.54) is 35.1 Å². The molecule has 3 rings (SSSR count). The average Bonchev–Trinajstić information content (AvgIpc) is 3.22. The second-order valence-corrected chi connectivity index (χ2v) is 8.10. The Bertz CT molecular complexity index is 953. The summed E-state index contributed by atoms with van der Waals surface area (Å²) in [6.07, 6.45) is 1.71. The number of nitrogens with one attached hydrogen (secondary N) is 1. The molecule has 9 heteroatoms. The molecule has 1 aromatic heterocycles. The second-order valence-electron chi connectivity index (χ2n) is 6.34. The van der Waals surface area contributed by atoms with Crippen LogP contribution in [0.15, 0.2) is 45.9 Å². The number of nitrogens with zero attached hydrogens (tertiary/aromatic N) is 2. The fourth-order valence-corrected chi connectivity index (χ4v) is 4.02. The van der Waals surface area contributed by atoms with Crippen molar-refractivity contribution in [1.82, 2.24) is 9.62 Å². The van der Waals surface area contributed by atoms with Crippen molar-refractivity contribution in [2.75, 3.05) is 25.0 Å². The van der Waals surface area contributed by atoms with Gasteiger partial charge in [0.05, 0.1) is 24.1 Å². The first-order valence-corrected chi connectivity index (χ1v) is 9.93. The molecular weight excluding hydrogens is 370 g/mol. The number of amides is 2. The Morgan fingerprint density at radius 3 is 2.78 bits per heavy atom. The highest BCUT2D eigenvalue weighted by molar-refractivity contribution is 7.89. The molecule has 0 unspecified atom stereocenters.